The number of H-pyrrole nitrogens is 1. The van der Waals surface area contributed by atoms with Gasteiger partial charge in [0.1, 0.15) is 11.8 Å². The molecule has 0 unspecified atom stereocenters. The third-order valence-corrected chi connectivity index (χ3v) is 4.74. The molecule has 1 aliphatic rings. The molecule has 0 radical (unpaired) electrons. The summed E-state index contributed by atoms with van der Waals surface area (Å²) < 4.78 is 13.1. The first-order valence-electron chi connectivity index (χ1n) is 8.03. The molecule has 2 atom stereocenters. The molecular weight excluding hydrogens is 308 g/mol. The first-order valence-corrected chi connectivity index (χ1v) is 8.03. The van der Waals surface area contributed by atoms with Gasteiger partial charge < -0.3 is 19.5 Å². The molecule has 1 amide bonds. The van der Waals surface area contributed by atoms with Crippen LogP contribution in [-0.2, 0) is 11.8 Å². The maximum atomic E-state index is 12.6. The predicted octanol–water partition coefficient (Wildman–Crippen LogP) is 2.37. The molecule has 1 saturated heterocycles. The average Bonchev–Trinajstić information content (AvgIpc) is 3.25. The van der Waals surface area contributed by atoms with Gasteiger partial charge in [0.15, 0.2) is 5.58 Å². The van der Waals surface area contributed by atoms with Crippen LogP contribution in [0, 0.1) is 13.8 Å². The molecule has 3 aromatic heterocycles. The molecule has 0 bridgehead atoms. The number of hydrogen-bond donors (Lipinski definition) is 2. The van der Waals surface area contributed by atoms with E-state index in [1.54, 1.807) is 18.4 Å². The quantitative estimate of drug-likeness (QED) is 0.773. The summed E-state index contributed by atoms with van der Waals surface area (Å²) in [7, 11) is 1.92. The lowest BCUT2D eigenvalue weighted by atomic mass is 10.00. The van der Waals surface area contributed by atoms with Crippen LogP contribution in [0.3, 0.4) is 0 Å². The molecule has 24 heavy (non-hydrogen) atoms. The molecule has 0 spiro atoms. The molecule has 126 valence electrons. The Bertz CT molecular complexity index is 876. The van der Waals surface area contributed by atoms with E-state index in [1.165, 1.54) is 0 Å². The topological polar surface area (TPSA) is 85.1 Å². The number of rotatable bonds is 3. The second-order valence-corrected chi connectivity index (χ2v) is 6.25. The number of carbonyl (C=O) groups is 1. The molecule has 0 aliphatic carbocycles. The summed E-state index contributed by atoms with van der Waals surface area (Å²) in [5.74, 6) is -0.152. The van der Waals surface area contributed by atoms with Gasteiger partial charge in [-0.15, -0.1) is 0 Å². The van der Waals surface area contributed by atoms with Gasteiger partial charge in [-0.2, -0.15) is 5.10 Å². The fraction of sp³-hybridized carbons (Fsp3) is 0.412. The Morgan fingerprint density at radius 1 is 1.46 bits per heavy atom. The maximum absolute atomic E-state index is 12.6. The highest BCUT2D eigenvalue weighted by Gasteiger charge is 2.35. The zero-order valence-electron chi connectivity index (χ0n) is 13.9. The van der Waals surface area contributed by atoms with Gasteiger partial charge in [-0.25, -0.2) is 0 Å². The zero-order valence-corrected chi connectivity index (χ0v) is 13.9. The minimum absolute atomic E-state index is 0.0753. The molecule has 1 fully saturated rings. The van der Waals surface area contributed by atoms with Crippen LogP contribution >= 0.6 is 0 Å². The van der Waals surface area contributed by atoms with Crippen LogP contribution in [0.25, 0.3) is 11.1 Å². The van der Waals surface area contributed by atoms with Crippen molar-refractivity contribution in [3.63, 3.8) is 0 Å². The lowest BCUT2D eigenvalue weighted by Gasteiger charge is -2.20. The monoisotopic (exact) mass is 328 g/mol. The van der Waals surface area contributed by atoms with Gasteiger partial charge in [-0.3, -0.25) is 9.48 Å². The number of ether oxygens (including phenoxy) is 1. The van der Waals surface area contributed by atoms with Crippen LogP contribution in [0.1, 0.15) is 40.0 Å². The average molecular weight is 328 g/mol. The van der Waals surface area contributed by atoms with E-state index in [1.807, 2.05) is 25.6 Å². The summed E-state index contributed by atoms with van der Waals surface area (Å²) in [6.07, 6.45) is 2.21. The number of amides is 1. The smallest absolute Gasteiger partial charge is 0.268 e. The van der Waals surface area contributed by atoms with Crippen LogP contribution < -0.4 is 5.32 Å². The molecule has 7 heteroatoms. The van der Waals surface area contributed by atoms with E-state index in [9.17, 15) is 4.79 Å². The number of nitrogens with one attached hydrogen (secondary N) is 2. The Morgan fingerprint density at radius 3 is 3.00 bits per heavy atom. The van der Waals surface area contributed by atoms with Gasteiger partial charge in [0, 0.05) is 37.0 Å². The molecule has 0 saturated carbocycles. The van der Waals surface area contributed by atoms with Gasteiger partial charge in [0.25, 0.3) is 5.91 Å². The SMILES string of the molecule is Cc1nn(C)c(C)c1[C@H]1OCC[C@@H]1NC(=O)c1cc2occc2[nH]1. The Morgan fingerprint density at radius 2 is 2.29 bits per heavy atom. The van der Waals surface area contributed by atoms with Crippen LogP contribution in [-0.4, -0.2) is 33.3 Å². The van der Waals surface area contributed by atoms with Gasteiger partial charge in [0.2, 0.25) is 0 Å². The lowest BCUT2D eigenvalue weighted by Crippen LogP contribution is -2.37. The number of furan rings is 1. The fourth-order valence-corrected chi connectivity index (χ4v) is 3.44. The molecular formula is C17H20N4O3. The molecule has 3 aromatic rings. The van der Waals surface area contributed by atoms with E-state index in [2.05, 4.69) is 15.4 Å². The number of aromatic amines is 1. The minimum Gasteiger partial charge on any atom is -0.463 e. The molecule has 7 nitrogen and oxygen atoms in total. The summed E-state index contributed by atoms with van der Waals surface area (Å²) in [4.78, 5) is 15.6. The first-order chi connectivity index (χ1) is 11.5. The predicted molar refractivity (Wildman–Crippen MR) is 87.8 cm³/mol. The second-order valence-electron chi connectivity index (χ2n) is 6.25. The molecule has 1 aliphatic heterocycles. The van der Waals surface area contributed by atoms with E-state index < -0.39 is 0 Å². The summed E-state index contributed by atoms with van der Waals surface area (Å²) in [6, 6.07) is 3.44. The first kappa shape index (κ1) is 15.0. The van der Waals surface area contributed by atoms with Crippen molar-refractivity contribution < 1.29 is 13.9 Å². The van der Waals surface area contributed by atoms with Crippen molar-refractivity contribution >= 4 is 17.0 Å². The number of fused-ring (bicyclic) bond motifs is 1. The van der Waals surface area contributed by atoms with Crippen molar-refractivity contribution in [2.75, 3.05) is 6.61 Å². The van der Waals surface area contributed by atoms with E-state index in [0.29, 0.717) is 17.9 Å². The fourth-order valence-electron chi connectivity index (χ4n) is 3.44. The van der Waals surface area contributed by atoms with Gasteiger partial charge in [0.05, 0.1) is 23.5 Å². The normalized spacial score (nSPS) is 20.8. The Labute approximate surface area is 139 Å². The molecule has 0 aromatic carbocycles. The lowest BCUT2D eigenvalue weighted by molar-refractivity contribution is 0.0814. The Hall–Kier alpha value is -2.54. The van der Waals surface area contributed by atoms with E-state index >= 15 is 0 Å². The van der Waals surface area contributed by atoms with Crippen molar-refractivity contribution in [3.05, 3.63) is 41.0 Å². The highest BCUT2D eigenvalue weighted by atomic mass is 16.5. The number of aromatic nitrogens is 3. The summed E-state index contributed by atoms with van der Waals surface area (Å²) >= 11 is 0. The highest BCUT2D eigenvalue weighted by molar-refractivity contribution is 5.97. The minimum atomic E-state index is -0.166. The standard InChI is InChI=1S/C17H20N4O3/c1-9-15(10(2)21(3)20-9)16-12(5-7-24-16)19-17(22)13-8-14-11(18-13)4-6-23-14/h4,6,8,12,16,18H,5,7H2,1-3H3,(H,19,22)/t12-,16-/m0/s1. The van der Waals surface area contributed by atoms with Crippen molar-refractivity contribution in [2.24, 2.45) is 7.05 Å². The van der Waals surface area contributed by atoms with Crippen molar-refractivity contribution in [1.29, 1.82) is 0 Å². The number of nitrogens with zero attached hydrogens (tertiary/aromatic N) is 2. The van der Waals surface area contributed by atoms with Crippen LogP contribution in [0.2, 0.25) is 0 Å². The van der Waals surface area contributed by atoms with Crippen molar-refractivity contribution in [2.45, 2.75) is 32.4 Å². The second kappa shape index (κ2) is 5.52. The summed E-state index contributed by atoms with van der Waals surface area (Å²) in [6.45, 7) is 4.62. The number of aryl methyl sites for hydroxylation is 2. The third kappa shape index (κ3) is 2.32. The third-order valence-electron chi connectivity index (χ3n) is 4.74. The summed E-state index contributed by atoms with van der Waals surface area (Å²) in [5.41, 5.74) is 5.07. The van der Waals surface area contributed by atoms with Gasteiger partial charge in [-0.05, 0) is 20.3 Å². The van der Waals surface area contributed by atoms with Crippen LogP contribution in [0.15, 0.2) is 22.8 Å². The molecule has 4 rings (SSSR count). The highest BCUT2D eigenvalue weighted by Crippen LogP contribution is 2.33. The Balaban J connectivity index is 1.56. The van der Waals surface area contributed by atoms with Crippen LogP contribution in [0.4, 0.5) is 0 Å². The Kier molecular flexibility index (Phi) is 3.45. The molecule has 2 N–H and O–H groups in total. The maximum Gasteiger partial charge on any atom is 0.268 e. The van der Waals surface area contributed by atoms with Crippen molar-refractivity contribution in [1.82, 2.24) is 20.1 Å². The van der Waals surface area contributed by atoms with Crippen LogP contribution in [0.5, 0.6) is 0 Å². The molecule has 4 heterocycles. The van der Waals surface area contributed by atoms with Gasteiger partial charge >= 0.3 is 0 Å². The largest absolute Gasteiger partial charge is 0.463 e. The van der Waals surface area contributed by atoms with Gasteiger partial charge in [-0.1, -0.05) is 0 Å². The van der Waals surface area contributed by atoms with E-state index in [-0.39, 0.29) is 18.1 Å². The van der Waals surface area contributed by atoms with E-state index in [4.69, 9.17) is 9.15 Å². The summed E-state index contributed by atoms with van der Waals surface area (Å²) in [5, 5.41) is 7.54. The van der Waals surface area contributed by atoms with E-state index in [0.717, 1.165) is 28.9 Å². The zero-order chi connectivity index (χ0) is 16.8. The van der Waals surface area contributed by atoms with Crippen molar-refractivity contribution in [3.8, 4) is 0 Å². The number of hydrogen-bond acceptors (Lipinski definition) is 4. The number of carbonyl (C=O) groups excluding carboxylic acids is 1.